The number of thiophene rings is 1. The Hall–Kier alpha value is -2.17. The Labute approximate surface area is 139 Å². The Morgan fingerprint density at radius 2 is 1.74 bits per heavy atom. The predicted octanol–water partition coefficient (Wildman–Crippen LogP) is 4.36. The lowest BCUT2D eigenvalue weighted by Crippen LogP contribution is -2.37. The molecule has 3 rings (SSSR count). The number of carbonyl (C=O) groups excluding carboxylic acids is 1. The summed E-state index contributed by atoms with van der Waals surface area (Å²) in [6.45, 7) is 3.25. The second kappa shape index (κ2) is 6.14. The van der Waals surface area contributed by atoms with Gasteiger partial charge >= 0.3 is 5.97 Å². The van der Waals surface area contributed by atoms with Crippen molar-refractivity contribution in [3.05, 3.63) is 65.5 Å². The van der Waals surface area contributed by atoms with Crippen LogP contribution in [0.1, 0.15) is 25.3 Å². The molecule has 3 nitrogen and oxygen atoms in total. The van der Waals surface area contributed by atoms with E-state index in [-0.39, 0.29) is 0 Å². The molecule has 1 N–H and O–H groups in total. The van der Waals surface area contributed by atoms with Crippen LogP contribution in [0.5, 0.6) is 5.75 Å². The smallest absolute Gasteiger partial charge is 0.321 e. The van der Waals surface area contributed by atoms with Crippen LogP contribution in [0.4, 0.5) is 0 Å². The fraction of sp³-hybridized carbons (Fsp3) is 0.211. The van der Waals surface area contributed by atoms with Crippen LogP contribution in [0.25, 0.3) is 10.1 Å². The number of ether oxygens (including phenoxy) is 1. The van der Waals surface area contributed by atoms with Gasteiger partial charge < -0.3 is 9.84 Å². The van der Waals surface area contributed by atoms with E-state index in [1.165, 1.54) is 11.3 Å². The van der Waals surface area contributed by atoms with Crippen molar-refractivity contribution in [1.82, 2.24) is 0 Å². The second-order valence-electron chi connectivity index (χ2n) is 6.01. The molecule has 0 aliphatic rings. The van der Waals surface area contributed by atoms with E-state index in [0.29, 0.717) is 5.75 Å². The molecule has 0 radical (unpaired) electrons. The van der Waals surface area contributed by atoms with E-state index in [0.717, 1.165) is 15.6 Å². The van der Waals surface area contributed by atoms with Crippen molar-refractivity contribution < 1.29 is 14.6 Å². The van der Waals surface area contributed by atoms with E-state index in [1.54, 1.807) is 13.8 Å². The van der Waals surface area contributed by atoms with Crippen molar-refractivity contribution in [2.75, 3.05) is 0 Å². The molecule has 0 saturated heterocycles. The largest absolute Gasteiger partial charge is 0.424 e. The molecule has 1 atom stereocenters. The molecule has 118 valence electrons. The topological polar surface area (TPSA) is 46.5 Å². The zero-order valence-electron chi connectivity index (χ0n) is 13.0. The number of fused-ring (bicyclic) bond motifs is 1. The summed E-state index contributed by atoms with van der Waals surface area (Å²) >= 11 is 1.53. The van der Waals surface area contributed by atoms with Crippen molar-refractivity contribution >= 4 is 27.4 Å². The molecule has 4 heteroatoms. The van der Waals surface area contributed by atoms with Gasteiger partial charge in [-0.15, -0.1) is 11.3 Å². The molecule has 1 unspecified atom stereocenters. The van der Waals surface area contributed by atoms with Crippen LogP contribution in [0.2, 0.25) is 0 Å². The van der Waals surface area contributed by atoms with E-state index in [1.807, 2.05) is 60.0 Å². The van der Waals surface area contributed by atoms with Gasteiger partial charge in [-0.2, -0.15) is 0 Å². The van der Waals surface area contributed by atoms with E-state index >= 15 is 0 Å². The summed E-state index contributed by atoms with van der Waals surface area (Å²) in [5, 5.41) is 13.2. The number of benzene rings is 2. The number of rotatable bonds is 4. The second-order valence-corrected chi connectivity index (χ2v) is 6.93. The van der Waals surface area contributed by atoms with Crippen molar-refractivity contribution in [3.63, 3.8) is 0 Å². The maximum Gasteiger partial charge on any atom is 0.321 e. The highest BCUT2D eigenvalue weighted by molar-refractivity contribution is 7.17. The van der Waals surface area contributed by atoms with Crippen LogP contribution in [0.15, 0.2) is 60.0 Å². The summed E-state index contributed by atoms with van der Waals surface area (Å²) in [7, 11) is 0. The van der Waals surface area contributed by atoms with Crippen LogP contribution in [0.3, 0.4) is 0 Å². The summed E-state index contributed by atoms with van der Waals surface area (Å²) in [4.78, 5) is 12.7. The highest BCUT2D eigenvalue weighted by Gasteiger charge is 2.36. The van der Waals surface area contributed by atoms with Crippen molar-refractivity contribution in [3.8, 4) is 5.75 Å². The summed E-state index contributed by atoms with van der Waals surface area (Å²) < 4.78 is 6.69. The summed E-state index contributed by atoms with van der Waals surface area (Å²) in [6, 6.07) is 17.0. The predicted molar refractivity (Wildman–Crippen MR) is 92.9 cm³/mol. The molecule has 23 heavy (non-hydrogen) atoms. The van der Waals surface area contributed by atoms with E-state index < -0.39 is 17.5 Å². The zero-order valence-corrected chi connectivity index (χ0v) is 13.8. The number of esters is 1. The zero-order chi connectivity index (χ0) is 16.4. The van der Waals surface area contributed by atoms with Crippen LogP contribution in [-0.4, -0.2) is 16.7 Å². The Kier molecular flexibility index (Phi) is 4.20. The van der Waals surface area contributed by atoms with Crippen molar-refractivity contribution in [1.29, 1.82) is 0 Å². The third kappa shape index (κ3) is 3.28. The molecule has 2 aromatic carbocycles. The van der Waals surface area contributed by atoms with E-state index in [9.17, 15) is 9.90 Å². The quantitative estimate of drug-likeness (QED) is 0.725. The maximum atomic E-state index is 12.7. The highest BCUT2D eigenvalue weighted by Crippen LogP contribution is 2.35. The molecule has 0 fully saturated rings. The number of aliphatic hydroxyl groups is 1. The van der Waals surface area contributed by atoms with Crippen LogP contribution in [-0.2, 0) is 4.79 Å². The Bertz CT molecular complexity index is 815. The lowest BCUT2D eigenvalue weighted by molar-refractivity contribution is -0.141. The molecule has 0 spiro atoms. The van der Waals surface area contributed by atoms with Gasteiger partial charge in [0.05, 0.1) is 5.60 Å². The first kappa shape index (κ1) is 15.7. The maximum absolute atomic E-state index is 12.7. The van der Waals surface area contributed by atoms with E-state index in [2.05, 4.69) is 0 Å². The average molecular weight is 326 g/mol. The fourth-order valence-electron chi connectivity index (χ4n) is 2.68. The normalized spacial score (nSPS) is 13.0. The molecule has 0 saturated carbocycles. The molecular formula is C19H18O3S. The van der Waals surface area contributed by atoms with Crippen molar-refractivity contribution in [2.24, 2.45) is 0 Å². The molecule has 3 aromatic rings. The standard InChI is InChI=1S/C19H18O3S/c1-19(2,21)17(13-8-4-3-5-9-13)18(20)22-15-12-23-16-11-7-6-10-14(15)16/h3-12,17,21H,1-2H3. The number of carbonyl (C=O) groups is 1. The molecule has 1 heterocycles. The van der Waals surface area contributed by atoms with Gasteiger partial charge in [0.15, 0.2) is 0 Å². The first-order valence-electron chi connectivity index (χ1n) is 7.42. The van der Waals surface area contributed by atoms with Gasteiger partial charge in [0, 0.05) is 15.5 Å². The summed E-state index contributed by atoms with van der Waals surface area (Å²) in [5.41, 5.74) is -0.478. The van der Waals surface area contributed by atoms with Crippen LogP contribution < -0.4 is 4.74 Å². The van der Waals surface area contributed by atoms with Gasteiger partial charge in [0.1, 0.15) is 11.7 Å². The first-order chi connectivity index (χ1) is 11.0. The Balaban J connectivity index is 1.93. The fourth-order valence-corrected chi connectivity index (χ4v) is 3.54. The van der Waals surface area contributed by atoms with Crippen LogP contribution in [0, 0.1) is 0 Å². The lowest BCUT2D eigenvalue weighted by atomic mass is 9.85. The first-order valence-corrected chi connectivity index (χ1v) is 8.30. The molecule has 0 amide bonds. The number of hydrogen-bond donors (Lipinski definition) is 1. The average Bonchev–Trinajstić information content (AvgIpc) is 2.90. The number of hydrogen-bond acceptors (Lipinski definition) is 4. The lowest BCUT2D eigenvalue weighted by Gasteiger charge is -2.27. The minimum atomic E-state index is -1.22. The van der Waals surface area contributed by atoms with E-state index in [4.69, 9.17) is 4.74 Å². The van der Waals surface area contributed by atoms with Gasteiger partial charge in [-0.05, 0) is 31.5 Å². The monoisotopic (exact) mass is 326 g/mol. The molecular weight excluding hydrogens is 308 g/mol. The van der Waals surface area contributed by atoms with Crippen LogP contribution >= 0.6 is 11.3 Å². The van der Waals surface area contributed by atoms with Gasteiger partial charge in [-0.3, -0.25) is 4.79 Å². The Morgan fingerprint density at radius 1 is 1.09 bits per heavy atom. The minimum absolute atomic E-state index is 0.452. The summed E-state index contributed by atoms with van der Waals surface area (Å²) in [5.74, 6) is -0.657. The molecule has 0 aliphatic heterocycles. The summed E-state index contributed by atoms with van der Waals surface area (Å²) in [6.07, 6.45) is 0. The van der Waals surface area contributed by atoms with Gasteiger partial charge in [0.2, 0.25) is 0 Å². The molecule has 1 aromatic heterocycles. The third-order valence-electron chi connectivity index (χ3n) is 3.73. The van der Waals surface area contributed by atoms with Gasteiger partial charge in [-0.25, -0.2) is 0 Å². The Morgan fingerprint density at radius 3 is 2.43 bits per heavy atom. The SMILES string of the molecule is CC(C)(O)C(C(=O)Oc1csc2ccccc12)c1ccccc1. The molecule has 0 bridgehead atoms. The van der Waals surface area contributed by atoms with Gasteiger partial charge in [0.25, 0.3) is 0 Å². The van der Waals surface area contributed by atoms with Crippen molar-refractivity contribution in [2.45, 2.75) is 25.4 Å². The highest BCUT2D eigenvalue weighted by atomic mass is 32.1. The third-order valence-corrected chi connectivity index (χ3v) is 4.67. The minimum Gasteiger partial charge on any atom is -0.424 e. The van der Waals surface area contributed by atoms with Gasteiger partial charge in [-0.1, -0.05) is 42.5 Å². The molecule has 0 aliphatic carbocycles.